The van der Waals surface area contributed by atoms with Gasteiger partial charge in [-0.15, -0.1) is 6.58 Å². The number of hydrogen-bond donors (Lipinski definition) is 0. The van der Waals surface area contributed by atoms with Crippen molar-refractivity contribution < 1.29 is 19.0 Å². The van der Waals surface area contributed by atoms with E-state index in [0.717, 1.165) is 0 Å². The van der Waals surface area contributed by atoms with Crippen molar-refractivity contribution in [1.82, 2.24) is 0 Å². The number of fused-ring (bicyclic) bond motifs is 1. The van der Waals surface area contributed by atoms with Crippen molar-refractivity contribution in [1.29, 1.82) is 0 Å². The van der Waals surface area contributed by atoms with Crippen molar-refractivity contribution >= 4 is 5.94 Å². The first-order valence-electron chi connectivity index (χ1n) is 6.18. The maximum Gasteiger partial charge on any atom is 0.187 e. The van der Waals surface area contributed by atoms with Gasteiger partial charge in [-0.25, -0.2) is 4.79 Å². The molecule has 1 aromatic carbocycles. The Kier molecular flexibility index (Phi) is 3.25. The van der Waals surface area contributed by atoms with Crippen LogP contribution in [0.15, 0.2) is 66.2 Å². The number of benzene rings is 1. The zero-order valence-corrected chi connectivity index (χ0v) is 10.7. The molecule has 0 spiro atoms. The van der Waals surface area contributed by atoms with E-state index < -0.39 is 6.10 Å². The fraction of sp³-hybridized carbons (Fsp3) is 0.125. The minimum absolute atomic E-state index is 0.291. The number of para-hydroxylation sites is 2. The first kappa shape index (κ1) is 12.5. The Labute approximate surface area is 116 Å². The second kappa shape index (κ2) is 5.21. The molecule has 4 nitrogen and oxygen atoms in total. The third kappa shape index (κ3) is 2.07. The maximum absolute atomic E-state index is 11.2. The zero-order chi connectivity index (χ0) is 13.9. The highest BCUT2D eigenvalue weighted by molar-refractivity contribution is 5.67. The molecule has 2 aliphatic rings. The van der Waals surface area contributed by atoms with Gasteiger partial charge in [0, 0.05) is 0 Å². The highest BCUT2D eigenvalue weighted by atomic mass is 16.6. The van der Waals surface area contributed by atoms with E-state index in [-0.39, 0.29) is 0 Å². The Hall–Kier alpha value is -2.55. The molecule has 0 bridgehead atoms. The molecule has 0 saturated carbocycles. The van der Waals surface area contributed by atoms with E-state index in [1.807, 2.05) is 18.1 Å². The number of hydrogen-bond acceptors (Lipinski definition) is 4. The van der Waals surface area contributed by atoms with Crippen molar-refractivity contribution in [2.75, 3.05) is 6.61 Å². The normalized spacial score (nSPS) is 19.4. The van der Waals surface area contributed by atoms with Crippen molar-refractivity contribution in [2.45, 2.75) is 6.10 Å². The number of rotatable bonds is 3. The Morgan fingerprint density at radius 2 is 2.05 bits per heavy atom. The second-order valence-corrected chi connectivity index (χ2v) is 4.26. The van der Waals surface area contributed by atoms with Gasteiger partial charge in [0.15, 0.2) is 23.0 Å². The molecule has 0 radical (unpaired) electrons. The standard InChI is InChI=1S/C16H12O4/c1-2-9-18-12-7-8-15-16(11(12)10-17)20-14-6-4-3-5-13(14)19-15/h2-8,12H,1,9H2. The van der Waals surface area contributed by atoms with Gasteiger partial charge in [-0.1, -0.05) is 18.2 Å². The van der Waals surface area contributed by atoms with Crippen LogP contribution in [0.25, 0.3) is 0 Å². The lowest BCUT2D eigenvalue weighted by Crippen LogP contribution is -2.25. The summed E-state index contributed by atoms with van der Waals surface area (Å²) >= 11 is 0. The van der Waals surface area contributed by atoms with Crippen LogP contribution in [0.3, 0.4) is 0 Å². The van der Waals surface area contributed by atoms with E-state index >= 15 is 0 Å². The van der Waals surface area contributed by atoms with E-state index in [1.54, 1.807) is 30.4 Å². The smallest absolute Gasteiger partial charge is 0.187 e. The molecule has 1 heterocycles. The zero-order valence-electron chi connectivity index (χ0n) is 10.7. The molecule has 1 aliphatic heterocycles. The van der Waals surface area contributed by atoms with Gasteiger partial charge >= 0.3 is 0 Å². The minimum Gasteiger partial charge on any atom is -0.449 e. The number of ether oxygens (including phenoxy) is 3. The van der Waals surface area contributed by atoms with E-state index in [1.165, 1.54) is 0 Å². The molecule has 0 N–H and O–H groups in total. The third-order valence-electron chi connectivity index (χ3n) is 2.96. The van der Waals surface area contributed by atoms with Gasteiger partial charge in [-0.05, 0) is 24.3 Å². The van der Waals surface area contributed by atoms with Crippen LogP contribution < -0.4 is 9.47 Å². The summed E-state index contributed by atoms with van der Waals surface area (Å²) in [6.07, 6.45) is 4.59. The predicted octanol–water partition coefficient (Wildman–Crippen LogP) is 2.57. The molecule has 0 aromatic heterocycles. The van der Waals surface area contributed by atoms with Crippen LogP contribution in [0.2, 0.25) is 0 Å². The molecule has 1 unspecified atom stereocenters. The van der Waals surface area contributed by atoms with E-state index in [2.05, 4.69) is 6.58 Å². The summed E-state index contributed by atoms with van der Waals surface area (Å²) in [5.74, 6) is 3.91. The van der Waals surface area contributed by atoms with Gasteiger partial charge in [0.1, 0.15) is 17.6 Å². The SMILES string of the molecule is C=CCOC1C=CC2=C(Oc3ccccc3O2)C1=C=O. The second-order valence-electron chi connectivity index (χ2n) is 4.26. The topological polar surface area (TPSA) is 44.8 Å². The Balaban J connectivity index is 1.94. The highest BCUT2D eigenvalue weighted by Gasteiger charge is 2.31. The average molecular weight is 268 g/mol. The lowest BCUT2D eigenvalue weighted by atomic mass is 10.0. The Morgan fingerprint density at radius 1 is 1.30 bits per heavy atom. The van der Waals surface area contributed by atoms with Gasteiger partial charge in [-0.2, -0.15) is 0 Å². The van der Waals surface area contributed by atoms with Crippen LogP contribution in [0.4, 0.5) is 0 Å². The van der Waals surface area contributed by atoms with Gasteiger partial charge in [-0.3, -0.25) is 0 Å². The van der Waals surface area contributed by atoms with Crippen LogP contribution >= 0.6 is 0 Å². The monoisotopic (exact) mass is 268 g/mol. The fourth-order valence-corrected chi connectivity index (χ4v) is 2.06. The van der Waals surface area contributed by atoms with E-state index in [4.69, 9.17) is 14.2 Å². The van der Waals surface area contributed by atoms with E-state index in [9.17, 15) is 4.79 Å². The van der Waals surface area contributed by atoms with Gasteiger partial charge in [0.05, 0.1) is 6.61 Å². The van der Waals surface area contributed by atoms with Crippen molar-refractivity contribution in [2.24, 2.45) is 0 Å². The lowest BCUT2D eigenvalue weighted by Gasteiger charge is -2.27. The summed E-state index contributed by atoms with van der Waals surface area (Å²) in [7, 11) is 0. The molecule has 0 fully saturated rings. The summed E-state index contributed by atoms with van der Waals surface area (Å²) in [6, 6.07) is 7.27. The fourth-order valence-electron chi connectivity index (χ4n) is 2.06. The van der Waals surface area contributed by atoms with Crippen LogP contribution in [-0.4, -0.2) is 18.7 Å². The molecule has 3 rings (SSSR count). The van der Waals surface area contributed by atoms with Crippen molar-refractivity contribution in [3.05, 3.63) is 66.2 Å². The summed E-state index contributed by atoms with van der Waals surface area (Å²) in [5.41, 5.74) is 0.291. The quantitative estimate of drug-likeness (QED) is 0.624. The van der Waals surface area contributed by atoms with Gasteiger partial charge < -0.3 is 14.2 Å². The van der Waals surface area contributed by atoms with Gasteiger partial charge in [0.25, 0.3) is 0 Å². The van der Waals surface area contributed by atoms with Crippen LogP contribution in [0.1, 0.15) is 0 Å². The van der Waals surface area contributed by atoms with Crippen LogP contribution in [-0.2, 0) is 9.53 Å². The maximum atomic E-state index is 11.2. The Bertz CT molecular complexity index is 663. The molecule has 20 heavy (non-hydrogen) atoms. The summed E-state index contributed by atoms with van der Waals surface area (Å²) in [5, 5.41) is 0. The van der Waals surface area contributed by atoms with Crippen molar-refractivity contribution in [3.63, 3.8) is 0 Å². The number of carbonyl (C=O) groups excluding carboxylic acids is 1. The first-order chi connectivity index (χ1) is 9.83. The molecule has 1 aliphatic carbocycles. The molecule has 0 amide bonds. The van der Waals surface area contributed by atoms with Crippen LogP contribution in [0, 0.1) is 0 Å². The van der Waals surface area contributed by atoms with Crippen molar-refractivity contribution in [3.8, 4) is 11.5 Å². The summed E-state index contributed by atoms with van der Waals surface area (Å²) < 4.78 is 17.0. The molecule has 0 saturated heterocycles. The third-order valence-corrected chi connectivity index (χ3v) is 2.96. The predicted molar refractivity (Wildman–Crippen MR) is 73.0 cm³/mol. The molecule has 1 aromatic rings. The highest BCUT2D eigenvalue weighted by Crippen LogP contribution is 2.39. The number of allylic oxidation sites excluding steroid dienone is 1. The van der Waals surface area contributed by atoms with E-state index in [0.29, 0.717) is 35.2 Å². The molecule has 100 valence electrons. The molecule has 1 atom stereocenters. The summed E-state index contributed by atoms with van der Waals surface area (Å²) in [4.78, 5) is 11.2. The average Bonchev–Trinajstić information content (AvgIpc) is 2.50. The molecular formula is C16H12O4. The molecule has 4 heteroatoms. The first-order valence-corrected chi connectivity index (χ1v) is 6.18. The Morgan fingerprint density at radius 3 is 2.75 bits per heavy atom. The minimum atomic E-state index is -0.502. The lowest BCUT2D eigenvalue weighted by molar-refractivity contribution is 0.128. The summed E-state index contributed by atoms with van der Waals surface area (Å²) in [6.45, 7) is 3.92. The molecular weight excluding hydrogens is 256 g/mol. The van der Waals surface area contributed by atoms with Gasteiger partial charge in [0.2, 0.25) is 0 Å². The van der Waals surface area contributed by atoms with Crippen LogP contribution in [0.5, 0.6) is 11.5 Å². The largest absolute Gasteiger partial charge is 0.449 e.